The zero-order valence-electron chi connectivity index (χ0n) is 8.81. The van der Waals surface area contributed by atoms with E-state index in [1.54, 1.807) is 23.5 Å². The summed E-state index contributed by atoms with van der Waals surface area (Å²) in [7, 11) is 0. The molecule has 0 bridgehead atoms. The zero-order valence-corrected chi connectivity index (χ0v) is 12.7. The molecule has 90 valence electrons. The summed E-state index contributed by atoms with van der Waals surface area (Å²) < 4.78 is 14.7. The third-order valence-corrected chi connectivity index (χ3v) is 4.80. The van der Waals surface area contributed by atoms with Gasteiger partial charge in [0, 0.05) is 15.5 Å². The van der Waals surface area contributed by atoms with Crippen LogP contribution in [-0.2, 0) is 0 Å². The number of halogens is 4. The summed E-state index contributed by atoms with van der Waals surface area (Å²) >= 11 is 17.3. The fraction of sp³-hybridized carbons (Fsp3) is 0.167. The highest BCUT2D eigenvalue weighted by Crippen LogP contribution is 2.40. The predicted octanol–water partition coefficient (Wildman–Crippen LogP) is 5.94. The third-order valence-electron chi connectivity index (χ3n) is 2.45. The van der Waals surface area contributed by atoms with Crippen molar-refractivity contribution in [2.75, 3.05) is 0 Å². The summed E-state index contributed by atoms with van der Waals surface area (Å²) in [6.45, 7) is 1.95. The van der Waals surface area contributed by atoms with Crippen LogP contribution in [0.25, 0.3) is 0 Å². The Morgan fingerprint density at radius 3 is 2.65 bits per heavy atom. The van der Waals surface area contributed by atoms with Crippen LogP contribution >= 0.6 is 50.5 Å². The van der Waals surface area contributed by atoms with Gasteiger partial charge in [-0.05, 0) is 46.6 Å². The van der Waals surface area contributed by atoms with Crippen LogP contribution in [0.2, 0.25) is 5.02 Å². The van der Waals surface area contributed by atoms with Crippen molar-refractivity contribution in [3.63, 3.8) is 0 Å². The van der Waals surface area contributed by atoms with Crippen LogP contribution < -0.4 is 0 Å². The van der Waals surface area contributed by atoms with Gasteiger partial charge in [0.2, 0.25) is 0 Å². The summed E-state index contributed by atoms with van der Waals surface area (Å²) in [5.74, 6) is -0.376. The summed E-state index contributed by atoms with van der Waals surface area (Å²) in [6, 6.07) is 6.49. The highest BCUT2D eigenvalue weighted by atomic mass is 79.9. The summed E-state index contributed by atoms with van der Waals surface area (Å²) in [5, 5.41) is -0.210. The smallest absolute Gasteiger partial charge is 0.129 e. The van der Waals surface area contributed by atoms with E-state index in [1.165, 1.54) is 6.07 Å². The lowest BCUT2D eigenvalue weighted by Gasteiger charge is -2.12. The minimum Gasteiger partial charge on any atom is -0.207 e. The van der Waals surface area contributed by atoms with Gasteiger partial charge in [0.1, 0.15) is 5.82 Å². The SMILES string of the molecule is Cc1sc(Br)cc1C(Cl)c1c(F)cccc1Cl. The molecule has 0 nitrogen and oxygen atoms in total. The minimum absolute atomic E-state index is 0.337. The van der Waals surface area contributed by atoms with Crippen molar-refractivity contribution < 1.29 is 4.39 Å². The molecule has 1 aromatic carbocycles. The fourth-order valence-corrected chi connectivity index (χ4v) is 4.21. The largest absolute Gasteiger partial charge is 0.207 e. The number of hydrogen-bond donors (Lipinski definition) is 0. The number of aryl methyl sites for hydroxylation is 1. The number of benzene rings is 1. The maximum Gasteiger partial charge on any atom is 0.129 e. The molecule has 1 unspecified atom stereocenters. The molecule has 0 spiro atoms. The quantitative estimate of drug-likeness (QED) is 0.586. The van der Waals surface area contributed by atoms with Crippen molar-refractivity contribution in [2.24, 2.45) is 0 Å². The number of thiophene rings is 1. The Balaban J connectivity index is 2.51. The van der Waals surface area contributed by atoms with E-state index in [-0.39, 0.29) is 5.82 Å². The normalized spacial score (nSPS) is 12.8. The van der Waals surface area contributed by atoms with Gasteiger partial charge < -0.3 is 0 Å². The topological polar surface area (TPSA) is 0 Å². The first-order valence-corrected chi connectivity index (χ1v) is 7.27. The third kappa shape index (κ3) is 2.68. The lowest BCUT2D eigenvalue weighted by atomic mass is 10.0. The molecular formula is C12H8BrCl2FS. The first kappa shape index (κ1) is 13.3. The Hall–Kier alpha value is -0.0900. The van der Waals surface area contributed by atoms with E-state index in [0.717, 1.165) is 14.2 Å². The van der Waals surface area contributed by atoms with Gasteiger partial charge in [0.15, 0.2) is 0 Å². The second kappa shape index (κ2) is 5.27. The van der Waals surface area contributed by atoms with E-state index in [1.807, 2.05) is 13.0 Å². The van der Waals surface area contributed by atoms with Gasteiger partial charge in [-0.3, -0.25) is 0 Å². The van der Waals surface area contributed by atoms with E-state index >= 15 is 0 Å². The average molecular weight is 354 g/mol. The average Bonchev–Trinajstić information content (AvgIpc) is 2.57. The van der Waals surface area contributed by atoms with E-state index < -0.39 is 5.38 Å². The maximum atomic E-state index is 13.7. The molecule has 0 aliphatic carbocycles. The molecule has 0 saturated carbocycles. The molecule has 2 rings (SSSR count). The Bertz CT molecular complexity index is 533. The van der Waals surface area contributed by atoms with Crippen molar-refractivity contribution in [2.45, 2.75) is 12.3 Å². The Labute approximate surface area is 121 Å². The molecule has 0 aliphatic rings. The highest BCUT2D eigenvalue weighted by molar-refractivity contribution is 9.11. The Morgan fingerprint density at radius 2 is 2.12 bits per heavy atom. The number of hydrogen-bond acceptors (Lipinski definition) is 1. The molecule has 0 aliphatic heterocycles. The summed E-state index contributed by atoms with van der Waals surface area (Å²) in [5.41, 5.74) is 1.22. The molecule has 1 heterocycles. The van der Waals surface area contributed by atoms with Gasteiger partial charge in [0.25, 0.3) is 0 Å². The van der Waals surface area contributed by atoms with E-state index in [4.69, 9.17) is 23.2 Å². The Morgan fingerprint density at radius 1 is 1.41 bits per heavy atom. The molecule has 1 aromatic heterocycles. The fourth-order valence-electron chi connectivity index (χ4n) is 1.62. The van der Waals surface area contributed by atoms with Gasteiger partial charge in [-0.15, -0.1) is 22.9 Å². The molecule has 0 saturated heterocycles. The van der Waals surface area contributed by atoms with Crippen molar-refractivity contribution >= 4 is 50.5 Å². The van der Waals surface area contributed by atoms with Crippen LogP contribution in [0, 0.1) is 12.7 Å². The lowest BCUT2D eigenvalue weighted by molar-refractivity contribution is 0.612. The first-order valence-electron chi connectivity index (χ1n) is 4.84. The van der Waals surface area contributed by atoms with Crippen LogP contribution in [0.3, 0.4) is 0 Å². The molecule has 0 fully saturated rings. The molecule has 2 aromatic rings. The van der Waals surface area contributed by atoms with Gasteiger partial charge in [0.05, 0.1) is 9.16 Å². The molecule has 0 amide bonds. The summed E-state index contributed by atoms with van der Waals surface area (Å²) in [4.78, 5) is 1.05. The van der Waals surface area contributed by atoms with Gasteiger partial charge in [-0.1, -0.05) is 17.7 Å². The second-order valence-corrected chi connectivity index (χ2v) is 7.04. The summed E-state index contributed by atoms with van der Waals surface area (Å²) in [6.07, 6.45) is 0. The van der Waals surface area contributed by atoms with Crippen molar-refractivity contribution in [3.8, 4) is 0 Å². The molecule has 17 heavy (non-hydrogen) atoms. The molecule has 5 heteroatoms. The van der Waals surface area contributed by atoms with Crippen molar-refractivity contribution in [3.05, 3.63) is 54.9 Å². The monoisotopic (exact) mass is 352 g/mol. The molecule has 0 N–H and O–H groups in total. The van der Waals surface area contributed by atoms with Crippen LogP contribution in [0.5, 0.6) is 0 Å². The predicted molar refractivity (Wildman–Crippen MR) is 75.9 cm³/mol. The Kier molecular flexibility index (Phi) is 4.14. The van der Waals surface area contributed by atoms with E-state index in [2.05, 4.69) is 15.9 Å². The van der Waals surface area contributed by atoms with Gasteiger partial charge in [-0.2, -0.15) is 0 Å². The minimum atomic E-state index is -0.564. The van der Waals surface area contributed by atoms with Crippen LogP contribution in [0.15, 0.2) is 28.1 Å². The van der Waals surface area contributed by atoms with Gasteiger partial charge >= 0.3 is 0 Å². The second-order valence-electron chi connectivity index (χ2n) is 3.56. The van der Waals surface area contributed by atoms with Crippen LogP contribution in [0.1, 0.15) is 21.4 Å². The maximum absolute atomic E-state index is 13.7. The zero-order chi connectivity index (χ0) is 12.6. The molecular weight excluding hydrogens is 346 g/mol. The van der Waals surface area contributed by atoms with Crippen molar-refractivity contribution in [1.29, 1.82) is 0 Å². The molecule has 1 atom stereocenters. The van der Waals surface area contributed by atoms with E-state index in [9.17, 15) is 4.39 Å². The van der Waals surface area contributed by atoms with Crippen LogP contribution in [0.4, 0.5) is 4.39 Å². The van der Waals surface area contributed by atoms with Crippen LogP contribution in [-0.4, -0.2) is 0 Å². The van der Waals surface area contributed by atoms with Crippen molar-refractivity contribution in [1.82, 2.24) is 0 Å². The number of alkyl halides is 1. The molecule has 0 radical (unpaired) electrons. The lowest BCUT2D eigenvalue weighted by Crippen LogP contribution is -1.98. The highest BCUT2D eigenvalue weighted by Gasteiger charge is 2.21. The number of rotatable bonds is 2. The van der Waals surface area contributed by atoms with E-state index in [0.29, 0.717) is 10.6 Å². The standard InChI is InChI=1S/C12H8BrCl2FS/c1-6-7(5-10(13)17-6)12(15)11-8(14)3-2-4-9(11)16/h2-5,12H,1H3. The first-order chi connectivity index (χ1) is 8.00. The van der Waals surface area contributed by atoms with Gasteiger partial charge in [-0.25, -0.2) is 4.39 Å².